The van der Waals surface area contributed by atoms with E-state index in [0.29, 0.717) is 5.92 Å². The molecule has 4 heteroatoms. The van der Waals surface area contributed by atoms with Crippen LogP contribution in [0.25, 0.3) is 0 Å². The molecule has 2 aromatic rings. The van der Waals surface area contributed by atoms with E-state index in [9.17, 15) is 4.79 Å². The molecule has 0 spiro atoms. The van der Waals surface area contributed by atoms with Gasteiger partial charge in [-0.15, -0.1) is 12.4 Å². The van der Waals surface area contributed by atoms with Gasteiger partial charge in [-0.3, -0.25) is 9.69 Å². The number of carbonyl (C=O) groups is 1. The van der Waals surface area contributed by atoms with Gasteiger partial charge < -0.3 is 5.73 Å². The molecule has 0 aliphatic heterocycles. The van der Waals surface area contributed by atoms with Gasteiger partial charge in [0.25, 0.3) is 0 Å². The van der Waals surface area contributed by atoms with Crippen molar-refractivity contribution in [2.75, 3.05) is 14.1 Å². The number of hydrogen-bond acceptors (Lipinski definition) is 2. The first-order valence-corrected chi connectivity index (χ1v) is 10.1. The molecule has 3 nitrogen and oxygen atoms in total. The van der Waals surface area contributed by atoms with E-state index in [4.69, 9.17) is 5.73 Å². The molecule has 1 amide bonds. The minimum Gasteiger partial charge on any atom is -0.369 e. The molecule has 0 aromatic heterocycles. The van der Waals surface area contributed by atoms with Crippen molar-refractivity contribution in [3.05, 3.63) is 71.8 Å². The predicted octanol–water partition coefficient (Wildman–Crippen LogP) is 4.79. The fourth-order valence-corrected chi connectivity index (χ4v) is 4.84. The molecule has 1 aliphatic carbocycles. The van der Waals surface area contributed by atoms with Crippen LogP contribution < -0.4 is 5.73 Å². The van der Waals surface area contributed by atoms with Gasteiger partial charge in [0.1, 0.15) is 0 Å². The van der Waals surface area contributed by atoms with E-state index in [2.05, 4.69) is 73.6 Å². The quantitative estimate of drug-likeness (QED) is 0.726. The molecule has 2 aromatic carbocycles. The zero-order valence-corrected chi connectivity index (χ0v) is 17.8. The molecule has 1 fully saturated rings. The Kier molecular flexibility index (Phi) is 8.09. The smallest absolute Gasteiger partial charge is 0.220 e. The minimum atomic E-state index is -0.131. The van der Waals surface area contributed by atoms with E-state index < -0.39 is 0 Å². The highest BCUT2D eigenvalue weighted by Crippen LogP contribution is 2.45. The summed E-state index contributed by atoms with van der Waals surface area (Å²) < 4.78 is 0. The highest BCUT2D eigenvalue weighted by atomic mass is 35.5. The molecule has 1 atom stereocenters. The van der Waals surface area contributed by atoms with Crippen molar-refractivity contribution >= 4 is 18.3 Å². The first kappa shape index (κ1) is 22.4. The Morgan fingerprint density at radius 3 is 2.07 bits per heavy atom. The fourth-order valence-electron chi connectivity index (χ4n) is 4.84. The highest BCUT2D eigenvalue weighted by molar-refractivity contribution is 5.85. The summed E-state index contributed by atoms with van der Waals surface area (Å²) in [4.78, 5) is 14.6. The molecule has 1 aliphatic rings. The third kappa shape index (κ3) is 4.95. The van der Waals surface area contributed by atoms with Crippen LogP contribution in [0.4, 0.5) is 0 Å². The summed E-state index contributed by atoms with van der Waals surface area (Å²) in [5, 5.41) is 0. The molecule has 1 saturated carbocycles. The molecule has 1 unspecified atom stereocenters. The maximum Gasteiger partial charge on any atom is 0.220 e. The Morgan fingerprint density at radius 2 is 1.57 bits per heavy atom. The lowest BCUT2D eigenvalue weighted by Crippen LogP contribution is -2.46. The molecular weight excluding hydrogens is 368 g/mol. The number of nitrogens with two attached hydrogens (primary N) is 1. The number of amides is 1. The second kappa shape index (κ2) is 10.1. The number of primary amides is 1. The van der Waals surface area contributed by atoms with Crippen LogP contribution in [0.15, 0.2) is 60.7 Å². The molecule has 152 valence electrons. The summed E-state index contributed by atoms with van der Waals surface area (Å²) in [6, 6.07) is 21.2. The summed E-state index contributed by atoms with van der Waals surface area (Å²) in [6.45, 7) is 0. The van der Waals surface area contributed by atoms with Crippen LogP contribution in [0.1, 0.15) is 43.2 Å². The molecule has 2 N–H and O–H groups in total. The maximum absolute atomic E-state index is 12.2. The van der Waals surface area contributed by atoms with Gasteiger partial charge in [0.05, 0.1) is 0 Å². The number of benzene rings is 2. The molecule has 0 radical (unpaired) electrons. The number of nitrogens with zero attached hydrogens (tertiary/aromatic N) is 1. The van der Waals surface area contributed by atoms with Gasteiger partial charge in [-0.25, -0.2) is 0 Å². The molecule has 3 rings (SSSR count). The summed E-state index contributed by atoms with van der Waals surface area (Å²) in [6.07, 6.45) is 6.02. The van der Waals surface area contributed by atoms with E-state index in [1.54, 1.807) is 0 Å². The van der Waals surface area contributed by atoms with Crippen molar-refractivity contribution in [3.63, 3.8) is 0 Å². The van der Waals surface area contributed by atoms with E-state index in [0.717, 1.165) is 38.5 Å². The van der Waals surface area contributed by atoms with Gasteiger partial charge in [-0.2, -0.15) is 0 Å². The third-order valence-corrected chi connectivity index (χ3v) is 6.55. The first-order valence-electron chi connectivity index (χ1n) is 10.1. The third-order valence-electron chi connectivity index (χ3n) is 6.55. The van der Waals surface area contributed by atoms with Crippen LogP contribution in [-0.4, -0.2) is 24.9 Å². The van der Waals surface area contributed by atoms with Crippen molar-refractivity contribution < 1.29 is 4.79 Å². The number of rotatable bonds is 7. The minimum absolute atomic E-state index is 0. The Hall–Kier alpha value is -1.84. The zero-order chi connectivity index (χ0) is 19.3. The van der Waals surface area contributed by atoms with E-state index >= 15 is 0 Å². The topological polar surface area (TPSA) is 46.3 Å². The molecule has 0 saturated heterocycles. The van der Waals surface area contributed by atoms with Crippen LogP contribution >= 0.6 is 12.4 Å². The Labute approximate surface area is 175 Å². The van der Waals surface area contributed by atoms with Gasteiger partial charge in [0.2, 0.25) is 5.91 Å². The van der Waals surface area contributed by atoms with Crippen LogP contribution in [-0.2, 0) is 16.8 Å². The average molecular weight is 401 g/mol. The fraction of sp³-hybridized carbons (Fsp3) is 0.458. The lowest BCUT2D eigenvalue weighted by atomic mass is 9.68. The summed E-state index contributed by atoms with van der Waals surface area (Å²) in [5.41, 5.74) is 8.56. The summed E-state index contributed by atoms with van der Waals surface area (Å²) in [7, 11) is 4.35. The van der Waals surface area contributed by atoms with Crippen LogP contribution in [0.2, 0.25) is 0 Å². The average Bonchev–Trinajstić information content (AvgIpc) is 2.70. The van der Waals surface area contributed by atoms with Crippen LogP contribution in [0, 0.1) is 11.8 Å². The lowest BCUT2D eigenvalue weighted by Gasteiger charge is -2.46. The molecule has 0 heterocycles. The van der Waals surface area contributed by atoms with Crippen LogP contribution in [0.3, 0.4) is 0 Å². The standard InChI is InChI=1S/C24H32N2O.ClH/c1-26(2)24(21-11-7-4-8-12-21)17-15-20(16-18-24)22(23(25)27)14-13-19-9-5-3-6-10-19;/h3-12,20,22H,13-18H2,1-2H3,(H2,25,27);1H. The largest absolute Gasteiger partial charge is 0.369 e. The number of halogens is 1. The monoisotopic (exact) mass is 400 g/mol. The summed E-state index contributed by atoms with van der Waals surface area (Å²) >= 11 is 0. The Morgan fingerprint density at radius 1 is 1.04 bits per heavy atom. The van der Waals surface area contributed by atoms with E-state index in [1.807, 2.05) is 6.07 Å². The lowest BCUT2D eigenvalue weighted by molar-refractivity contribution is -0.124. The highest BCUT2D eigenvalue weighted by Gasteiger charge is 2.41. The van der Waals surface area contributed by atoms with Crippen molar-refractivity contribution in [1.82, 2.24) is 4.90 Å². The normalized spacial score (nSPS) is 23.0. The first-order chi connectivity index (χ1) is 13.0. The van der Waals surface area contributed by atoms with Gasteiger partial charge in [-0.1, -0.05) is 60.7 Å². The van der Waals surface area contributed by atoms with Gasteiger partial charge in [-0.05, 0) is 69.7 Å². The second-order valence-electron chi connectivity index (χ2n) is 8.16. The van der Waals surface area contributed by atoms with Gasteiger partial charge >= 0.3 is 0 Å². The predicted molar refractivity (Wildman–Crippen MR) is 118 cm³/mol. The Bertz CT molecular complexity index is 725. The van der Waals surface area contributed by atoms with Gasteiger partial charge in [0.15, 0.2) is 0 Å². The second-order valence-corrected chi connectivity index (χ2v) is 8.16. The molecule has 28 heavy (non-hydrogen) atoms. The van der Waals surface area contributed by atoms with Crippen molar-refractivity contribution in [2.24, 2.45) is 17.6 Å². The number of aryl methyl sites for hydroxylation is 1. The number of hydrogen-bond donors (Lipinski definition) is 1. The summed E-state index contributed by atoms with van der Waals surface area (Å²) in [5.74, 6) is 0.233. The van der Waals surface area contributed by atoms with Crippen LogP contribution in [0.5, 0.6) is 0 Å². The maximum atomic E-state index is 12.2. The number of carbonyl (C=O) groups excluding carboxylic acids is 1. The van der Waals surface area contributed by atoms with Crippen molar-refractivity contribution in [3.8, 4) is 0 Å². The van der Waals surface area contributed by atoms with Crippen molar-refractivity contribution in [2.45, 2.75) is 44.1 Å². The zero-order valence-electron chi connectivity index (χ0n) is 17.0. The molecule has 0 bridgehead atoms. The van der Waals surface area contributed by atoms with E-state index in [-0.39, 0.29) is 29.8 Å². The Balaban J connectivity index is 0.00000280. The van der Waals surface area contributed by atoms with E-state index in [1.165, 1.54) is 11.1 Å². The van der Waals surface area contributed by atoms with Crippen molar-refractivity contribution in [1.29, 1.82) is 0 Å². The SMILES string of the molecule is CN(C)C1(c2ccccc2)CCC(C(CCc2ccccc2)C(N)=O)CC1.Cl. The molecular formula is C24H33ClN2O. The van der Waals surface area contributed by atoms with Gasteiger partial charge in [0, 0.05) is 11.5 Å².